The standard InChI is InChI=1S/C17H18ClN5S/c1-8-7-22(5)17(12-6-19-24-14(8)12)23-10(3)9(2)13-15(18)20-11(4)21-16(13)23/h6H,7H2,1-5H3. The number of halogens is 1. The number of nitrogens with zero attached hydrogens (tertiary/aromatic N) is 5. The van der Waals surface area contributed by atoms with Crippen molar-refractivity contribution in [2.24, 2.45) is 0 Å². The average molecular weight is 360 g/mol. The molecule has 0 fully saturated rings. The van der Waals surface area contributed by atoms with Crippen molar-refractivity contribution in [3.05, 3.63) is 38.2 Å². The summed E-state index contributed by atoms with van der Waals surface area (Å²) in [5.74, 6) is 1.78. The molecule has 0 aromatic carbocycles. The lowest BCUT2D eigenvalue weighted by molar-refractivity contribution is 0.502. The Bertz CT molecular complexity index is 1110. The van der Waals surface area contributed by atoms with Crippen LogP contribution >= 0.6 is 23.1 Å². The molecular weight excluding hydrogens is 342 g/mol. The van der Waals surface area contributed by atoms with E-state index < -0.39 is 0 Å². The second kappa shape index (κ2) is 5.29. The largest absolute Gasteiger partial charge is 0.356 e. The summed E-state index contributed by atoms with van der Waals surface area (Å²) in [7, 11) is 2.11. The Hall–Kier alpha value is -1.92. The Labute approximate surface area is 149 Å². The number of hydrogen-bond acceptors (Lipinski definition) is 5. The molecule has 0 saturated carbocycles. The monoisotopic (exact) mass is 359 g/mol. The van der Waals surface area contributed by atoms with Crippen LogP contribution in [0, 0.1) is 20.8 Å². The second-order valence-electron chi connectivity index (χ2n) is 6.33. The van der Waals surface area contributed by atoms with Crippen molar-refractivity contribution in [2.75, 3.05) is 13.6 Å². The van der Waals surface area contributed by atoms with Crippen LogP contribution in [-0.4, -0.2) is 37.4 Å². The molecule has 124 valence electrons. The van der Waals surface area contributed by atoms with Gasteiger partial charge in [-0.1, -0.05) is 11.6 Å². The Morgan fingerprint density at radius 1 is 1.17 bits per heavy atom. The van der Waals surface area contributed by atoms with Gasteiger partial charge in [0, 0.05) is 19.3 Å². The zero-order valence-electron chi connectivity index (χ0n) is 14.3. The molecule has 4 heterocycles. The number of aromatic nitrogens is 4. The van der Waals surface area contributed by atoms with Gasteiger partial charge in [0.2, 0.25) is 0 Å². The first-order chi connectivity index (χ1) is 11.4. The van der Waals surface area contributed by atoms with E-state index in [2.05, 4.69) is 46.6 Å². The van der Waals surface area contributed by atoms with Crippen molar-refractivity contribution in [3.8, 4) is 0 Å². The van der Waals surface area contributed by atoms with Crippen LogP contribution in [0.1, 0.15) is 24.0 Å². The molecule has 1 aliphatic rings. The van der Waals surface area contributed by atoms with E-state index in [9.17, 15) is 0 Å². The highest BCUT2D eigenvalue weighted by molar-refractivity contribution is 7.03. The van der Waals surface area contributed by atoms with Crippen molar-refractivity contribution in [3.63, 3.8) is 0 Å². The molecule has 0 amide bonds. The van der Waals surface area contributed by atoms with Crippen LogP contribution < -0.4 is 9.75 Å². The summed E-state index contributed by atoms with van der Waals surface area (Å²) in [4.78, 5) is 11.3. The van der Waals surface area contributed by atoms with Crippen molar-refractivity contribution in [1.82, 2.24) is 23.8 Å². The molecule has 0 atom stereocenters. The van der Waals surface area contributed by atoms with Crippen molar-refractivity contribution in [2.45, 2.75) is 27.7 Å². The highest BCUT2D eigenvalue weighted by atomic mass is 35.5. The maximum Gasteiger partial charge on any atom is 0.151 e. The van der Waals surface area contributed by atoms with Gasteiger partial charge in [-0.3, -0.25) is 4.57 Å². The maximum absolute atomic E-state index is 6.43. The lowest BCUT2D eigenvalue weighted by atomic mass is 10.2. The summed E-state index contributed by atoms with van der Waals surface area (Å²) in [6.45, 7) is 9.10. The second-order valence-corrected chi connectivity index (χ2v) is 7.49. The zero-order chi connectivity index (χ0) is 17.2. The Morgan fingerprint density at radius 3 is 2.67 bits per heavy atom. The van der Waals surface area contributed by atoms with Crippen LogP contribution in [-0.2, 0) is 0 Å². The molecule has 0 saturated heterocycles. The highest BCUT2D eigenvalue weighted by Gasteiger charge is 2.24. The number of fused-ring (bicyclic) bond motifs is 2. The van der Waals surface area contributed by atoms with Gasteiger partial charge in [0.15, 0.2) is 5.65 Å². The summed E-state index contributed by atoms with van der Waals surface area (Å²) in [6.07, 6.45) is 1.95. The molecule has 0 spiro atoms. The summed E-state index contributed by atoms with van der Waals surface area (Å²) in [5.41, 5.74) is 4.45. The fraction of sp³-hybridized carbons (Fsp3) is 0.353. The lowest BCUT2D eigenvalue weighted by Crippen LogP contribution is -2.40. The summed E-state index contributed by atoms with van der Waals surface area (Å²) in [5, 5.41) is 2.60. The van der Waals surface area contributed by atoms with Crippen molar-refractivity contribution in [1.29, 1.82) is 0 Å². The molecule has 7 heteroatoms. The quantitative estimate of drug-likeness (QED) is 0.625. The average Bonchev–Trinajstić information content (AvgIpc) is 3.07. The molecule has 0 radical (unpaired) electrons. The molecule has 1 aliphatic heterocycles. The van der Waals surface area contributed by atoms with Gasteiger partial charge < -0.3 is 4.90 Å². The summed E-state index contributed by atoms with van der Waals surface area (Å²) < 4.78 is 7.87. The van der Waals surface area contributed by atoms with E-state index >= 15 is 0 Å². The van der Waals surface area contributed by atoms with E-state index in [4.69, 9.17) is 16.6 Å². The number of rotatable bonds is 1. The van der Waals surface area contributed by atoms with Crippen LogP contribution in [0.15, 0.2) is 6.20 Å². The minimum atomic E-state index is 0.516. The molecule has 0 aliphatic carbocycles. The SMILES string of the molecule is CC1=c2sncc2=C(n2c(C)c(C)c3c(Cl)nc(C)nc32)N(C)C1. The molecule has 3 aromatic rings. The number of aryl methyl sites for hydroxylation is 2. The Kier molecular flexibility index (Phi) is 3.44. The molecule has 0 N–H and O–H groups in total. The molecule has 0 unspecified atom stereocenters. The highest BCUT2D eigenvalue weighted by Crippen LogP contribution is 2.31. The summed E-state index contributed by atoms with van der Waals surface area (Å²) in [6, 6.07) is 0. The van der Waals surface area contributed by atoms with E-state index in [0.29, 0.717) is 11.0 Å². The first-order valence-electron chi connectivity index (χ1n) is 7.78. The van der Waals surface area contributed by atoms with Crippen LogP contribution in [0.3, 0.4) is 0 Å². The van der Waals surface area contributed by atoms with Gasteiger partial charge in [-0.15, -0.1) is 0 Å². The lowest BCUT2D eigenvalue weighted by Gasteiger charge is -2.27. The van der Waals surface area contributed by atoms with Crippen molar-refractivity contribution >= 4 is 45.6 Å². The first kappa shape index (κ1) is 15.6. The minimum absolute atomic E-state index is 0.516. The first-order valence-corrected chi connectivity index (χ1v) is 8.93. The maximum atomic E-state index is 6.43. The molecule has 3 aromatic heterocycles. The normalized spacial score (nSPS) is 14.7. The molecular formula is C17H18ClN5S. The molecule has 0 bridgehead atoms. The molecule has 4 rings (SSSR count). The molecule has 5 nitrogen and oxygen atoms in total. The van der Waals surface area contributed by atoms with E-state index in [1.54, 1.807) is 11.5 Å². The van der Waals surface area contributed by atoms with Crippen LogP contribution in [0.4, 0.5) is 0 Å². The third-order valence-corrected chi connectivity index (χ3v) is 5.90. The zero-order valence-corrected chi connectivity index (χ0v) is 15.9. The van der Waals surface area contributed by atoms with Crippen molar-refractivity contribution < 1.29 is 0 Å². The van der Waals surface area contributed by atoms with E-state index in [1.807, 2.05) is 13.1 Å². The predicted octanol–water partition coefficient (Wildman–Crippen LogP) is 2.20. The summed E-state index contributed by atoms with van der Waals surface area (Å²) >= 11 is 7.98. The fourth-order valence-corrected chi connectivity index (χ4v) is 4.56. The third kappa shape index (κ3) is 2.03. The number of hydrogen-bond donors (Lipinski definition) is 0. The topological polar surface area (TPSA) is 46.8 Å². The van der Waals surface area contributed by atoms with E-state index in [1.165, 1.54) is 10.1 Å². The van der Waals surface area contributed by atoms with Gasteiger partial charge in [-0.25, -0.2) is 9.97 Å². The predicted molar refractivity (Wildman–Crippen MR) is 98.6 cm³/mol. The van der Waals surface area contributed by atoms with Crippen LogP contribution in [0.25, 0.3) is 22.4 Å². The van der Waals surface area contributed by atoms with Gasteiger partial charge >= 0.3 is 0 Å². The van der Waals surface area contributed by atoms with Gasteiger partial charge in [-0.2, -0.15) is 4.37 Å². The Balaban J connectivity index is 2.23. The van der Waals surface area contributed by atoms with Gasteiger partial charge in [0.05, 0.1) is 21.3 Å². The van der Waals surface area contributed by atoms with Gasteiger partial charge in [0.1, 0.15) is 16.8 Å². The fourth-order valence-electron chi connectivity index (χ4n) is 3.48. The third-order valence-electron chi connectivity index (χ3n) is 4.67. The minimum Gasteiger partial charge on any atom is -0.356 e. The van der Waals surface area contributed by atoms with Crippen LogP contribution in [0.2, 0.25) is 5.15 Å². The van der Waals surface area contributed by atoms with Crippen LogP contribution in [0.5, 0.6) is 0 Å². The van der Waals surface area contributed by atoms with E-state index in [0.717, 1.165) is 39.9 Å². The molecule has 24 heavy (non-hydrogen) atoms. The Morgan fingerprint density at radius 2 is 1.92 bits per heavy atom. The van der Waals surface area contributed by atoms with Gasteiger partial charge in [0.25, 0.3) is 0 Å². The van der Waals surface area contributed by atoms with E-state index in [-0.39, 0.29) is 0 Å². The van der Waals surface area contributed by atoms with Gasteiger partial charge in [-0.05, 0) is 50.4 Å². The smallest absolute Gasteiger partial charge is 0.151 e.